The van der Waals surface area contributed by atoms with Crippen LogP contribution in [0.1, 0.15) is 111 Å². The molecule has 5 aromatic carbocycles. The number of phenols is 1. The number of carbonyl (C=O) groups excluding carboxylic acids is 16. The molecule has 0 saturated carbocycles. The predicted molar refractivity (Wildman–Crippen MR) is 476 cm³/mol. The molecule has 37 nitrogen and oxygen atoms in total. The number of aromatic hydroxyl groups is 1. The Morgan fingerprint density at radius 1 is 0.469 bits per heavy atom. The highest BCUT2D eigenvalue weighted by atomic mass is 32.2. The van der Waals surface area contributed by atoms with Crippen molar-refractivity contribution in [2.75, 3.05) is 45.3 Å². The smallest absolute Gasteiger partial charge is 0.305 e. The molecule has 0 bridgehead atoms. The van der Waals surface area contributed by atoms with Crippen molar-refractivity contribution in [3.05, 3.63) is 162 Å². The zero-order valence-electron chi connectivity index (χ0n) is 73.7. The molecule has 1 aliphatic rings. The van der Waals surface area contributed by atoms with E-state index in [9.17, 15) is 72.9 Å². The average molecular weight is 1790 g/mol. The lowest BCUT2D eigenvalue weighted by Crippen LogP contribution is -2.61. The van der Waals surface area contributed by atoms with Crippen molar-refractivity contribution in [2.24, 2.45) is 29.4 Å². The number of thioether (sulfide) groups is 1. The van der Waals surface area contributed by atoms with Gasteiger partial charge in [-0.3, -0.25) is 81.5 Å². The van der Waals surface area contributed by atoms with E-state index in [0.717, 1.165) is 32.7 Å². The molecule has 2 heterocycles. The molecule has 0 unspecified atom stereocenters. The van der Waals surface area contributed by atoms with Crippen molar-refractivity contribution < 1.29 is 96.8 Å². The summed E-state index contributed by atoms with van der Waals surface area (Å²) in [6, 6.07) is 16.6. The molecular weight excluding hydrogens is 1670 g/mol. The quantitative estimate of drug-likeness (QED) is 0.0457. The van der Waals surface area contributed by atoms with Crippen LogP contribution in [-0.2, 0) is 107 Å². The number of aliphatic carboxylic acids is 1. The molecule has 1 aromatic heterocycles. The summed E-state index contributed by atoms with van der Waals surface area (Å²) in [6.07, 6.45) is -0.881. The summed E-state index contributed by atoms with van der Waals surface area (Å²) in [5.41, 5.74) is 9.41. The minimum Gasteiger partial charge on any atom is -0.508 e. The van der Waals surface area contributed by atoms with Crippen molar-refractivity contribution >= 4 is 123 Å². The number of fused-ring (bicyclic) bond motifs is 1. The van der Waals surface area contributed by atoms with Crippen LogP contribution in [0.2, 0.25) is 0 Å². The fourth-order valence-electron chi connectivity index (χ4n) is 14.0. The molecule has 1 aliphatic heterocycles. The molecule has 13 atom stereocenters. The average Bonchev–Trinajstić information content (AvgIpc) is 1.67. The second-order valence-electron chi connectivity index (χ2n) is 33.3. The standard InChI is InChI=1S/C90H119N17O20S/c1-48(2)35-63-80(117)99-67(38-55-27-31-58(32-28-55)57-23-17-14-18-24-57)86(123)105-77(51(7)8)90(127)107(12)53(10)89(126)106(11)44-73(111)94-52(9)78(115)96-64(36-49(3)4)85(122)104-76(50(5)6)88(125)102-70(45-108)87(124)103-71(79(116)93-43-72(91)110)46-128-47-74(112)95-65(37-54-21-15-13-16-22-54)81(118)98-66(39-56-29-33-60(109)34-30-56)82(119)101-69(41-75(113)114)84(121)100-68(83(120)97-63)40-59-42-92-62-26-20-19-25-61(59)62/h13-34,42,48-53,63-71,76-77,92,108-109H,35-41,43-47H2,1-12H3,(H2,91,110)(H,93,116)(H,94,111)(H,95,112)(H,96,115)(H,97,120)(H,98,118)(H,99,117)(H,100,121)(H,101,119)(H,102,125)(H,103,124)(H,104,122)(H,105,123)(H,113,114)/t52-,53-,63-,64-,65-,66-,67-,68-,69-,70-,71-,76-,77-/m0/s1. The lowest BCUT2D eigenvalue weighted by molar-refractivity contribution is -0.147. The summed E-state index contributed by atoms with van der Waals surface area (Å²) in [5, 5.41) is 65.5. The third-order valence-electron chi connectivity index (χ3n) is 21.2. The molecular formula is C90H119N17O20S. The normalized spacial score (nSPS) is 23.3. The molecule has 1 saturated heterocycles. The zero-order valence-corrected chi connectivity index (χ0v) is 74.6. The molecule has 0 aliphatic carbocycles. The molecule has 0 spiro atoms. The van der Waals surface area contributed by atoms with E-state index >= 15 is 24.0 Å². The Bertz CT molecular complexity index is 4900. The van der Waals surface area contributed by atoms with Gasteiger partial charge in [-0.25, -0.2) is 0 Å². The lowest BCUT2D eigenvalue weighted by atomic mass is 9.97. The van der Waals surface area contributed by atoms with Gasteiger partial charge in [0.15, 0.2) is 0 Å². The summed E-state index contributed by atoms with van der Waals surface area (Å²) in [4.78, 5) is 249. The third kappa shape index (κ3) is 31.4. The Kier molecular flexibility index (Phi) is 39.0. The topological polar surface area (TPSA) is 556 Å². The van der Waals surface area contributed by atoms with Crippen LogP contribution in [0.15, 0.2) is 140 Å². The van der Waals surface area contributed by atoms with Crippen LogP contribution < -0.4 is 74.9 Å². The van der Waals surface area contributed by atoms with Gasteiger partial charge in [-0.15, -0.1) is 11.8 Å². The molecule has 0 radical (unpaired) electrons. The van der Waals surface area contributed by atoms with Gasteiger partial charge in [-0.1, -0.05) is 171 Å². The summed E-state index contributed by atoms with van der Waals surface area (Å²) >= 11 is 0.721. The van der Waals surface area contributed by atoms with Crippen molar-refractivity contribution in [1.29, 1.82) is 0 Å². The van der Waals surface area contributed by atoms with Crippen molar-refractivity contribution in [2.45, 2.75) is 193 Å². The zero-order chi connectivity index (χ0) is 94.3. The first-order chi connectivity index (χ1) is 60.6. The van der Waals surface area contributed by atoms with Gasteiger partial charge >= 0.3 is 5.97 Å². The number of carboxylic acids is 1. The largest absolute Gasteiger partial charge is 0.508 e. The summed E-state index contributed by atoms with van der Waals surface area (Å²) in [6.45, 7) is 13.5. The number of hydrogen-bond donors (Lipinski definition) is 18. The van der Waals surface area contributed by atoms with Crippen molar-refractivity contribution in [1.82, 2.24) is 83.9 Å². The first kappa shape index (κ1) is 102. The third-order valence-corrected chi connectivity index (χ3v) is 22.2. The number of aliphatic hydroxyl groups is 1. The van der Waals surface area contributed by atoms with Crippen LogP contribution in [0.25, 0.3) is 22.0 Å². The first-order valence-corrected chi connectivity index (χ1v) is 43.4. The fraction of sp³-hybridized carbons (Fsp3) is 0.456. The number of benzene rings is 5. The maximum atomic E-state index is 15.4. The number of aromatic nitrogens is 1. The highest BCUT2D eigenvalue weighted by Gasteiger charge is 2.41. The summed E-state index contributed by atoms with van der Waals surface area (Å²) < 4.78 is 0. The maximum absolute atomic E-state index is 15.4. The number of carboxylic acid groups (broad SMARTS) is 1. The molecule has 7 rings (SSSR count). The van der Waals surface area contributed by atoms with Crippen molar-refractivity contribution in [3.63, 3.8) is 0 Å². The van der Waals surface area contributed by atoms with Crippen LogP contribution in [-0.4, -0.2) is 254 Å². The van der Waals surface area contributed by atoms with Gasteiger partial charge in [-0.05, 0) is 102 Å². The van der Waals surface area contributed by atoms with E-state index in [2.05, 4.69) is 74.1 Å². The number of rotatable bonds is 21. The first-order valence-electron chi connectivity index (χ1n) is 42.2. The number of aliphatic hydroxyl groups excluding tert-OH is 1. The Hall–Kier alpha value is -13.3. The van der Waals surface area contributed by atoms with E-state index < -0.39 is 235 Å². The van der Waals surface area contributed by atoms with Crippen LogP contribution in [0, 0.1) is 23.7 Å². The molecule has 19 N–H and O–H groups in total. The molecule has 6 aromatic rings. The summed E-state index contributed by atoms with van der Waals surface area (Å²) in [5.74, 6) is -20.4. The molecule has 690 valence electrons. The fourth-order valence-corrected chi connectivity index (χ4v) is 14.9. The van der Waals surface area contributed by atoms with E-state index in [1.54, 1.807) is 128 Å². The van der Waals surface area contributed by atoms with E-state index in [1.807, 2.05) is 42.5 Å². The number of hydrogen-bond acceptors (Lipinski definition) is 20. The predicted octanol–water partition coefficient (Wildman–Crippen LogP) is 0.173. The van der Waals surface area contributed by atoms with Gasteiger partial charge in [0.25, 0.3) is 0 Å². The van der Waals surface area contributed by atoms with Gasteiger partial charge in [0, 0.05) is 62.6 Å². The monoisotopic (exact) mass is 1790 g/mol. The van der Waals surface area contributed by atoms with Gasteiger partial charge < -0.3 is 105 Å². The Morgan fingerprint density at radius 2 is 0.906 bits per heavy atom. The minimum absolute atomic E-state index is 0.0149. The van der Waals surface area contributed by atoms with Gasteiger partial charge in [0.1, 0.15) is 84.3 Å². The van der Waals surface area contributed by atoms with E-state index in [0.29, 0.717) is 33.2 Å². The Labute approximate surface area is 746 Å². The van der Waals surface area contributed by atoms with Gasteiger partial charge in [0.05, 0.1) is 31.9 Å². The number of phenolic OH excluding ortho intramolecular Hbond substituents is 1. The number of likely N-dealkylation sites (N-methyl/N-ethyl adjacent to an activating group) is 2. The summed E-state index contributed by atoms with van der Waals surface area (Å²) in [7, 11) is 2.58. The number of H-pyrrole nitrogens is 1. The highest BCUT2D eigenvalue weighted by molar-refractivity contribution is 8.00. The number of amides is 16. The number of carbonyl (C=O) groups is 17. The van der Waals surface area contributed by atoms with Crippen molar-refractivity contribution in [3.8, 4) is 16.9 Å². The minimum atomic E-state index is -2.05. The van der Waals surface area contributed by atoms with Gasteiger partial charge in [0.2, 0.25) is 94.5 Å². The Morgan fingerprint density at radius 3 is 1.45 bits per heavy atom. The Balaban J connectivity index is 1.29. The number of para-hydroxylation sites is 1. The van der Waals surface area contributed by atoms with E-state index in [-0.39, 0.29) is 49.7 Å². The second kappa shape index (κ2) is 49.0. The van der Waals surface area contributed by atoms with E-state index in [4.69, 9.17) is 5.73 Å². The second-order valence-corrected chi connectivity index (χ2v) is 34.3. The maximum Gasteiger partial charge on any atom is 0.305 e. The number of nitrogens with zero attached hydrogens (tertiary/aromatic N) is 2. The van der Waals surface area contributed by atoms with Crippen LogP contribution in [0.5, 0.6) is 5.75 Å². The number of nitrogens with two attached hydrogens (primary N) is 1. The van der Waals surface area contributed by atoms with Crippen LogP contribution in [0.4, 0.5) is 0 Å². The molecule has 128 heavy (non-hydrogen) atoms. The highest BCUT2D eigenvalue weighted by Crippen LogP contribution is 2.24. The molecule has 1 fully saturated rings. The van der Waals surface area contributed by atoms with Gasteiger partial charge in [-0.2, -0.15) is 0 Å². The van der Waals surface area contributed by atoms with Crippen LogP contribution in [0.3, 0.4) is 0 Å². The number of aromatic amines is 1. The number of primary amides is 1. The molecule has 38 heteroatoms. The van der Waals surface area contributed by atoms with E-state index in [1.165, 1.54) is 52.2 Å². The lowest BCUT2D eigenvalue weighted by Gasteiger charge is -2.33. The SMILES string of the molecule is CC(C)C[C@@H]1NC(=O)[C@H](C)NC(=O)CN(C)C(=O)[C@H](C)N(C)C(=O)[C@H](C(C)C)NC(=O)[C@H](Cc2ccc(-c3ccccc3)cc2)NC(=O)[C@H](CC(C)C)NC(=O)[C@H](Cc2c[nH]c3ccccc23)NC(=O)[C@H](CC(=O)O)NC(=O)[C@H](Cc2ccc(O)cc2)NC(=O)[C@H](Cc2ccccc2)NC(=O)CSC[C@@H](C(=O)NCC(N)=O)NC(=O)[C@H](CO)NC(=O)[C@H](C(C)C)NC1=O. The number of nitrogens with one attached hydrogen (secondary N) is 14. The van der Waals surface area contributed by atoms with Crippen LogP contribution >= 0.6 is 11.8 Å². The molecule has 16 amide bonds.